The lowest BCUT2D eigenvalue weighted by atomic mass is 9.33. The van der Waals surface area contributed by atoms with Crippen LogP contribution in [0, 0.1) is 50.2 Å². The van der Waals surface area contributed by atoms with Crippen molar-refractivity contribution < 1.29 is 23.9 Å². The minimum atomic E-state index is -0.546. The molecular formula is C35H52O5. The topological polar surface area (TPSA) is 69.7 Å². The second kappa shape index (κ2) is 9.30. The fraction of sp³-hybridized carbons (Fsp3) is 0.800. The molecular weight excluding hydrogens is 500 g/mol. The van der Waals surface area contributed by atoms with E-state index in [1.165, 1.54) is 12.5 Å². The van der Waals surface area contributed by atoms with Crippen molar-refractivity contribution in [2.24, 2.45) is 50.2 Å². The van der Waals surface area contributed by atoms with E-state index in [0.717, 1.165) is 57.8 Å². The van der Waals surface area contributed by atoms with Crippen LogP contribution in [-0.4, -0.2) is 30.4 Å². The first-order valence-electron chi connectivity index (χ1n) is 15.7. The van der Waals surface area contributed by atoms with E-state index < -0.39 is 5.41 Å². The zero-order valence-corrected chi connectivity index (χ0v) is 26.3. The summed E-state index contributed by atoms with van der Waals surface area (Å²) in [6.07, 6.45) is 12.1. The molecule has 0 radical (unpaired) electrons. The monoisotopic (exact) mass is 552 g/mol. The average Bonchev–Trinajstić information content (AvgIpc) is 2.86. The van der Waals surface area contributed by atoms with Gasteiger partial charge in [-0.05, 0) is 104 Å². The van der Waals surface area contributed by atoms with Gasteiger partial charge < -0.3 is 9.47 Å². The van der Waals surface area contributed by atoms with Crippen LogP contribution in [0.2, 0.25) is 0 Å². The zero-order valence-electron chi connectivity index (χ0n) is 26.3. The molecule has 0 aromatic carbocycles. The first-order chi connectivity index (χ1) is 18.5. The van der Waals surface area contributed by atoms with E-state index in [1.54, 1.807) is 6.08 Å². The molecule has 0 aromatic rings. The summed E-state index contributed by atoms with van der Waals surface area (Å²) in [7, 11) is 0. The van der Waals surface area contributed by atoms with Crippen molar-refractivity contribution in [1.82, 2.24) is 0 Å². The highest BCUT2D eigenvalue weighted by atomic mass is 16.5. The maximum absolute atomic E-state index is 14.5. The third-order valence-corrected chi connectivity index (χ3v) is 13.6. The molecule has 0 bridgehead atoms. The Labute approximate surface area is 241 Å². The molecule has 0 unspecified atom stereocenters. The third-order valence-electron chi connectivity index (χ3n) is 13.6. The number of carbonyl (C=O) groups excluding carboxylic acids is 3. The van der Waals surface area contributed by atoms with Gasteiger partial charge >= 0.3 is 11.9 Å². The van der Waals surface area contributed by atoms with E-state index in [9.17, 15) is 14.4 Å². The van der Waals surface area contributed by atoms with E-state index in [4.69, 9.17) is 9.47 Å². The van der Waals surface area contributed by atoms with Gasteiger partial charge in [-0.25, -0.2) is 0 Å². The van der Waals surface area contributed by atoms with Crippen molar-refractivity contribution in [1.29, 1.82) is 0 Å². The lowest BCUT2D eigenvalue weighted by molar-refractivity contribution is -0.210. The van der Waals surface area contributed by atoms with Crippen LogP contribution in [0.4, 0.5) is 0 Å². The number of hydrogen-bond acceptors (Lipinski definition) is 5. The molecule has 4 fully saturated rings. The summed E-state index contributed by atoms with van der Waals surface area (Å²) < 4.78 is 11.4. The van der Waals surface area contributed by atoms with Crippen LogP contribution in [0.15, 0.2) is 24.3 Å². The summed E-state index contributed by atoms with van der Waals surface area (Å²) in [4.78, 5) is 39.7. The highest BCUT2D eigenvalue weighted by Gasteiger charge is 2.70. The molecule has 5 aliphatic rings. The molecule has 222 valence electrons. The van der Waals surface area contributed by atoms with Gasteiger partial charge in [-0.2, -0.15) is 0 Å². The van der Waals surface area contributed by atoms with E-state index in [2.05, 4.69) is 61.1 Å². The second-order valence-electron chi connectivity index (χ2n) is 16.1. The first-order valence-corrected chi connectivity index (χ1v) is 15.7. The van der Waals surface area contributed by atoms with Crippen LogP contribution < -0.4 is 0 Å². The predicted octanol–water partition coefficient (Wildman–Crippen LogP) is 7.63. The summed E-state index contributed by atoms with van der Waals surface area (Å²) in [5.74, 6) is 0.397. The number of allylic oxidation sites excluding steroid dienone is 2. The van der Waals surface area contributed by atoms with E-state index in [1.807, 2.05) is 0 Å². The van der Waals surface area contributed by atoms with E-state index in [-0.39, 0.29) is 69.3 Å². The fourth-order valence-electron chi connectivity index (χ4n) is 11.1. The zero-order chi connectivity index (χ0) is 29.5. The SMILES string of the molecule is C=CCOC(=O)[C@]1(C)CC[C@]2(C)CC[C@]3(C)C(=CC(=O)[C@@H]4[C@]5(C)CC[C@H](OC(C)=O)C(C)(C)[C@@H]5CC[C@]43C)[C@H]2C1. The molecule has 0 amide bonds. The van der Waals surface area contributed by atoms with E-state index in [0.29, 0.717) is 5.92 Å². The number of carbonyl (C=O) groups is 3. The van der Waals surface area contributed by atoms with Gasteiger partial charge in [0.15, 0.2) is 5.78 Å². The molecule has 0 saturated heterocycles. The largest absolute Gasteiger partial charge is 0.462 e. The van der Waals surface area contributed by atoms with Crippen LogP contribution in [0.25, 0.3) is 0 Å². The van der Waals surface area contributed by atoms with Crippen LogP contribution >= 0.6 is 0 Å². The molecule has 5 rings (SSSR count). The van der Waals surface area contributed by atoms with Crippen LogP contribution in [0.5, 0.6) is 0 Å². The van der Waals surface area contributed by atoms with Gasteiger partial charge in [0, 0.05) is 18.3 Å². The van der Waals surface area contributed by atoms with Gasteiger partial charge in [0.2, 0.25) is 0 Å². The standard InChI is InChI=1S/C35H52O5/c1-10-19-39-29(38)32(6)16-15-31(5)17-18-34(8)23(24(31)21-32)20-25(37)28-33(7)13-12-27(40-22(2)36)30(3,4)26(33)11-14-35(28,34)9/h10,20,24,26-28H,1,11-19,21H2,2-9H3/t24-,26+,27+,28-,31-,32-,33-,34-,35-/m1/s1. The van der Waals surface area contributed by atoms with Gasteiger partial charge in [-0.1, -0.05) is 59.8 Å². The third kappa shape index (κ3) is 3.95. The number of ether oxygens (including phenoxy) is 2. The highest BCUT2D eigenvalue weighted by molar-refractivity contribution is 5.95. The number of esters is 2. The lowest BCUT2D eigenvalue weighted by Gasteiger charge is -2.70. The quantitative estimate of drug-likeness (QED) is 0.265. The number of hydrogen-bond donors (Lipinski definition) is 0. The van der Waals surface area contributed by atoms with Gasteiger partial charge in [0.25, 0.3) is 0 Å². The van der Waals surface area contributed by atoms with Gasteiger partial charge in [0.05, 0.1) is 5.41 Å². The molecule has 0 spiro atoms. The normalized spacial score (nSPS) is 47.4. The molecule has 5 nitrogen and oxygen atoms in total. The van der Waals surface area contributed by atoms with Crippen LogP contribution in [-0.2, 0) is 23.9 Å². The van der Waals surface area contributed by atoms with Crippen molar-refractivity contribution >= 4 is 17.7 Å². The Balaban J connectivity index is 1.54. The summed E-state index contributed by atoms with van der Waals surface area (Å²) >= 11 is 0. The summed E-state index contributed by atoms with van der Waals surface area (Å²) in [6, 6.07) is 0. The van der Waals surface area contributed by atoms with Crippen molar-refractivity contribution in [3.05, 3.63) is 24.3 Å². The Morgan fingerprint density at radius 2 is 1.65 bits per heavy atom. The van der Waals surface area contributed by atoms with Crippen molar-refractivity contribution in [2.75, 3.05) is 6.61 Å². The number of ketones is 1. The first kappa shape index (κ1) is 29.6. The van der Waals surface area contributed by atoms with Crippen LogP contribution in [0.1, 0.15) is 113 Å². The Bertz CT molecular complexity index is 1150. The maximum atomic E-state index is 14.5. The molecule has 9 atom stereocenters. The Morgan fingerprint density at radius 1 is 0.975 bits per heavy atom. The van der Waals surface area contributed by atoms with Crippen molar-refractivity contribution in [3.63, 3.8) is 0 Å². The Hall–Kier alpha value is -1.91. The molecule has 0 heterocycles. The van der Waals surface area contributed by atoms with Crippen molar-refractivity contribution in [2.45, 2.75) is 119 Å². The van der Waals surface area contributed by atoms with Gasteiger partial charge in [-0.3, -0.25) is 14.4 Å². The van der Waals surface area contributed by atoms with Gasteiger partial charge in [0.1, 0.15) is 12.7 Å². The molecule has 5 heteroatoms. The summed E-state index contributed by atoms with van der Waals surface area (Å²) in [5.41, 5.74) is 0.279. The smallest absolute Gasteiger partial charge is 0.312 e. The molecule has 5 aliphatic carbocycles. The minimum Gasteiger partial charge on any atom is -0.462 e. The number of rotatable bonds is 4. The molecule has 0 aromatic heterocycles. The summed E-state index contributed by atoms with van der Waals surface area (Å²) in [6.45, 7) is 21.6. The highest BCUT2D eigenvalue weighted by Crippen LogP contribution is 2.75. The lowest BCUT2D eigenvalue weighted by Crippen LogP contribution is -2.66. The molecule has 0 aliphatic heterocycles. The van der Waals surface area contributed by atoms with Crippen LogP contribution in [0.3, 0.4) is 0 Å². The van der Waals surface area contributed by atoms with Gasteiger partial charge in [-0.15, -0.1) is 0 Å². The minimum absolute atomic E-state index is 0.0538. The van der Waals surface area contributed by atoms with E-state index >= 15 is 0 Å². The second-order valence-corrected chi connectivity index (χ2v) is 16.1. The average molecular weight is 553 g/mol. The summed E-state index contributed by atoms with van der Waals surface area (Å²) in [5, 5.41) is 0. The molecule has 0 N–H and O–H groups in total. The predicted molar refractivity (Wildman–Crippen MR) is 156 cm³/mol. The maximum Gasteiger partial charge on any atom is 0.312 e. The molecule has 4 saturated carbocycles. The number of fused-ring (bicyclic) bond motifs is 7. The fourth-order valence-corrected chi connectivity index (χ4v) is 11.1. The van der Waals surface area contributed by atoms with Crippen molar-refractivity contribution in [3.8, 4) is 0 Å². The Kier molecular flexibility index (Phi) is 6.87. The Morgan fingerprint density at radius 3 is 2.30 bits per heavy atom. The molecule has 40 heavy (non-hydrogen) atoms.